The van der Waals surface area contributed by atoms with Gasteiger partial charge < -0.3 is 9.47 Å². The molecule has 0 heterocycles. The Labute approximate surface area is 147 Å². The SMILES string of the molecule is Cc1ccc(OC(=O)CCC(=O)Oc2ccc(F)cc2Br)cc1C. The lowest BCUT2D eigenvalue weighted by atomic mass is 10.1. The van der Waals surface area contributed by atoms with Crippen LogP contribution in [0.2, 0.25) is 0 Å². The lowest BCUT2D eigenvalue weighted by Crippen LogP contribution is -2.14. The Hall–Kier alpha value is -2.21. The Balaban J connectivity index is 1.84. The van der Waals surface area contributed by atoms with Crippen LogP contribution in [-0.4, -0.2) is 11.9 Å². The molecule has 0 radical (unpaired) electrons. The lowest BCUT2D eigenvalue weighted by molar-refractivity contribution is -0.140. The van der Waals surface area contributed by atoms with Crippen LogP contribution in [0.4, 0.5) is 4.39 Å². The summed E-state index contributed by atoms with van der Waals surface area (Å²) in [6.45, 7) is 3.88. The second kappa shape index (κ2) is 8.06. The van der Waals surface area contributed by atoms with Gasteiger partial charge in [0.1, 0.15) is 17.3 Å². The summed E-state index contributed by atoms with van der Waals surface area (Å²) in [6.07, 6.45) is -0.238. The van der Waals surface area contributed by atoms with E-state index in [1.54, 1.807) is 12.1 Å². The van der Waals surface area contributed by atoms with Crippen LogP contribution in [0.15, 0.2) is 40.9 Å². The van der Waals surface area contributed by atoms with Gasteiger partial charge in [0, 0.05) is 0 Å². The van der Waals surface area contributed by atoms with Crippen LogP contribution in [0.5, 0.6) is 11.5 Å². The first kappa shape index (κ1) is 18.1. The normalized spacial score (nSPS) is 10.3. The minimum Gasteiger partial charge on any atom is -0.427 e. The third-order valence-electron chi connectivity index (χ3n) is 3.36. The lowest BCUT2D eigenvalue weighted by Gasteiger charge is -2.08. The molecule has 0 fully saturated rings. The Morgan fingerprint density at radius 1 is 0.958 bits per heavy atom. The van der Waals surface area contributed by atoms with Crippen molar-refractivity contribution >= 4 is 27.9 Å². The molecule has 0 aliphatic carbocycles. The largest absolute Gasteiger partial charge is 0.427 e. The smallest absolute Gasteiger partial charge is 0.311 e. The molecule has 0 aliphatic rings. The van der Waals surface area contributed by atoms with E-state index in [2.05, 4.69) is 15.9 Å². The van der Waals surface area contributed by atoms with E-state index in [1.807, 2.05) is 19.9 Å². The number of halogens is 2. The Morgan fingerprint density at radius 3 is 2.25 bits per heavy atom. The summed E-state index contributed by atoms with van der Waals surface area (Å²) in [6, 6.07) is 9.04. The Morgan fingerprint density at radius 2 is 1.62 bits per heavy atom. The molecule has 0 aliphatic heterocycles. The van der Waals surface area contributed by atoms with Crippen molar-refractivity contribution in [3.63, 3.8) is 0 Å². The zero-order valence-electron chi connectivity index (χ0n) is 13.3. The van der Waals surface area contributed by atoms with Crippen LogP contribution in [0.3, 0.4) is 0 Å². The van der Waals surface area contributed by atoms with Crippen molar-refractivity contribution in [1.29, 1.82) is 0 Å². The molecule has 4 nitrogen and oxygen atoms in total. The molecule has 0 spiro atoms. The van der Waals surface area contributed by atoms with Gasteiger partial charge in [0.05, 0.1) is 17.3 Å². The van der Waals surface area contributed by atoms with E-state index < -0.39 is 17.8 Å². The van der Waals surface area contributed by atoms with Crippen LogP contribution in [0.25, 0.3) is 0 Å². The maximum Gasteiger partial charge on any atom is 0.311 e. The Bertz CT molecular complexity index is 774. The van der Waals surface area contributed by atoms with E-state index in [0.29, 0.717) is 10.2 Å². The fourth-order valence-corrected chi connectivity index (χ4v) is 2.33. The first-order valence-electron chi connectivity index (χ1n) is 7.29. The predicted molar refractivity (Wildman–Crippen MR) is 90.5 cm³/mol. The highest BCUT2D eigenvalue weighted by Crippen LogP contribution is 2.26. The second-order valence-corrected chi connectivity index (χ2v) is 6.12. The minimum atomic E-state index is -0.598. The molecule has 0 amide bonds. The van der Waals surface area contributed by atoms with Gasteiger partial charge in [0.25, 0.3) is 0 Å². The molecule has 0 atom stereocenters. The van der Waals surface area contributed by atoms with Gasteiger partial charge >= 0.3 is 11.9 Å². The predicted octanol–water partition coefficient (Wildman–Crippen LogP) is 4.50. The summed E-state index contributed by atoms with van der Waals surface area (Å²) in [4.78, 5) is 23.5. The van der Waals surface area contributed by atoms with E-state index in [4.69, 9.17) is 9.47 Å². The molecule has 0 unspecified atom stereocenters. The molecule has 0 saturated heterocycles. The first-order valence-corrected chi connectivity index (χ1v) is 8.08. The van der Waals surface area contributed by atoms with Gasteiger partial charge in [-0.05, 0) is 71.2 Å². The van der Waals surface area contributed by atoms with Gasteiger partial charge in [-0.15, -0.1) is 0 Å². The standard InChI is InChI=1S/C18H16BrFO4/c1-11-3-5-14(9-12(11)2)23-17(21)7-8-18(22)24-16-6-4-13(20)10-15(16)19/h3-6,9-10H,7-8H2,1-2H3. The van der Waals surface area contributed by atoms with Crippen molar-refractivity contribution in [2.75, 3.05) is 0 Å². The third-order valence-corrected chi connectivity index (χ3v) is 3.98. The van der Waals surface area contributed by atoms with Crippen LogP contribution in [0.1, 0.15) is 24.0 Å². The van der Waals surface area contributed by atoms with Crippen LogP contribution >= 0.6 is 15.9 Å². The van der Waals surface area contributed by atoms with E-state index in [0.717, 1.165) is 11.1 Å². The van der Waals surface area contributed by atoms with Gasteiger partial charge in [-0.1, -0.05) is 6.07 Å². The van der Waals surface area contributed by atoms with Crippen molar-refractivity contribution in [3.8, 4) is 11.5 Å². The zero-order valence-corrected chi connectivity index (χ0v) is 14.9. The highest BCUT2D eigenvalue weighted by atomic mass is 79.9. The molecule has 24 heavy (non-hydrogen) atoms. The van der Waals surface area contributed by atoms with Crippen molar-refractivity contribution in [2.24, 2.45) is 0 Å². The van der Waals surface area contributed by atoms with Crippen LogP contribution in [-0.2, 0) is 9.59 Å². The molecule has 0 aromatic heterocycles. The molecule has 2 aromatic carbocycles. The fraction of sp³-hybridized carbons (Fsp3) is 0.222. The minimum absolute atomic E-state index is 0.107. The average molecular weight is 395 g/mol. The molecule has 6 heteroatoms. The summed E-state index contributed by atoms with van der Waals surface area (Å²) >= 11 is 3.10. The van der Waals surface area contributed by atoms with E-state index >= 15 is 0 Å². The van der Waals surface area contributed by atoms with E-state index in [9.17, 15) is 14.0 Å². The number of ether oxygens (including phenoxy) is 2. The van der Waals surface area contributed by atoms with Gasteiger partial charge in [-0.2, -0.15) is 0 Å². The number of hydrogen-bond acceptors (Lipinski definition) is 4. The maximum atomic E-state index is 13.0. The zero-order chi connectivity index (χ0) is 17.7. The molecule has 2 rings (SSSR count). The number of aryl methyl sites for hydroxylation is 2. The average Bonchev–Trinajstić information content (AvgIpc) is 2.52. The number of carbonyl (C=O) groups is 2. The van der Waals surface area contributed by atoms with E-state index in [-0.39, 0.29) is 18.6 Å². The summed E-state index contributed by atoms with van der Waals surface area (Å²) in [5.41, 5.74) is 2.11. The number of hydrogen-bond donors (Lipinski definition) is 0. The summed E-state index contributed by atoms with van der Waals surface area (Å²) in [7, 11) is 0. The van der Waals surface area contributed by atoms with Gasteiger partial charge in [0.15, 0.2) is 0 Å². The van der Waals surface area contributed by atoms with E-state index in [1.165, 1.54) is 18.2 Å². The van der Waals surface area contributed by atoms with Crippen LogP contribution in [0, 0.1) is 19.7 Å². The molecule has 2 aromatic rings. The Kier molecular flexibility index (Phi) is 6.09. The van der Waals surface area contributed by atoms with Gasteiger partial charge in [0.2, 0.25) is 0 Å². The molecular weight excluding hydrogens is 379 g/mol. The topological polar surface area (TPSA) is 52.6 Å². The number of esters is 2. The summed E-state index contributed by atoms with van der Waals surface area (Å²) < 4.78 is 23.6. The molecular formula is C18H16BrFO4. The molecule has 126 valence electrons. The number of carbonyl (C=O) groups excluding carboxylic acids is 2. The molecule has 0 saturated carbocycles. The molecule has 0 bridgehead atoms. The molecule has 0 N–H and O–H groups in total. The van der Waals surface area contributed by atoms with Crippen molar-refractivity contribution in [2.45, 2.75) is 26.7 Å². The number of rotatable bonds is 5. The van der Waals surface area contributed by atoms with Gasteiger partial charge in [-0.25, -0.2) is 4.39 Å². The number of benzene rings is 2. The maximum absolute atomic E-state index is 13.0. The fourth-order valence-electron chi connectivity index (χ4n) is 1.90. The third kappa shape index (κ3) is 5.16. The monoisotopic (exact) mass is 394 g/mol. The summed E-state index contributed by atoms with van der Waals surface area (Å²) in [5.74, 6) is -0.923. The first-order chi connectivity index (χ1) is 11.3. The van der Waals surface area contributed by atoms with Crippen molar-refractivity contribution in [3.05, 3.63) is 57.8 Å². The second-order valence-electron chi connectivity index (χ2n) is 5.27. The van der Waals surface area contributed by atoms with Gasteiger partial charge in [-0.3, -0.25) is 9.59 Å². The summed E-state index contributed by atoms with van der Waals surface area (Å²) in [5, 5.41) is 0. The highest BCUT2D eigenvalue weighted by molar-refractivity contribution is 9.10. The van der Waals surface area contributed by atoms with Crippen molar-refractivity contribution < 1.29 is 23.5 Å². The highest BCUT2D eigenvalue weighted by Gasteiger charge is 2.13. The van der Waals surface area contributed by atoms with Crippen LogP contribution < -0.4 is 9.47 Å². The van der Waals surface area contributed by atoms with Crippen molar-refractivity contribution in [1.82, 2.24) is 0 Å². The quantitative estimate of drug-likeness (QED) is 0.553.